The summed E-state index contributed by atoms with van der Waals surface area (Å²) in [5, 5.41) is 2.31. The minimum atomic E-state index is -3.40. The van der Waals surface area contributed by atoms with Crippen molar-refractivity contribution >= 4 is 17.9 Å². The van der Waals surface area contributed by atoms with Crippen LogP contribution in [0.4, 0.5) is 19.4 Å². The fourth-order valence-corrected chi connectivity index (χ4v) is 3.82. The number of ether oxygens (including phenoxy) is 3. The number of carbonyl (C=O) groups excluding carboxylic acids is 2. The third kappa shape index (κ3) is 8.88. The van der Waals surface area contributed by atoms with E-state index in [0.29, 0.717) is 11.0 Å². The molecule has 0 aromatic carbocycles. The van der Waals surface area contributed by atoms with Crippen molar-refractivity contribution in [3.05, 3.63) is 52.8 Å². The highest BCUT2D eigenvalue weighted by atomic mass is 19.3. The van der Waals surface area contributed by atoms with E-state index in [0.717, 1.165) is 43.9 Å². The van der Waals surface area contributed by atoms with Crippen LogP contribution in [-0.4, -0.2) is 51.8 Å². The third-order valence-corrected chi connectivity index (χ3v) is 5.75. The molecule has 0 bridgehead atoms. The maximum Gasteiger partial charge on any atom is 0.412 e. The van der Waals surface area contributed by atoms with Crippen LogP contribution in [0.25, 0.3) is 0 Å². The molecule has 0 saturated carbocycles. The van der Waals surface area contributed by atoms with Crippen LogP contribution < -0.4 is 11.0 Å². The second-order valence-corrected chi connectivity index (χ2v) is 8.80. The number of hydrogen-bond acceptors (Lipinski definition) is 8. The summed E-state index contributed by atoms with van der Waals surface area (Å²) in [7, 11) is 0. The lowest BCUT2D eigenvalue weighted by molar-refractivity contribution is -0.150. The van der Waals surface area contributed by atoms with Crippen LogP contribution in [-0.2, 0) is 25.4 Å². The summed E-state index contributed by atoms with van der Waals surface area (Å²) in [6.07, 6.45) is 5.20. The average molecular weight is 523 g/mol. The molecular weight excluding hydrogens is 490 g/mol. The number of carbonyl (C=O) groups is 2. The number of unbranched alkanes of at least 4 members (excludes halogenated alkanes) is 4. The molecule has 0 radical (unpaired) electrons. The number of alkyl halides is 2. The van der Waals surface area contributed by atoms with Gasteiger partial charge in [0, 0.05) is 31.4 Å². The summed E-state index contributed by atoms with van der Waals surface area (Å²) in [5.41, 5.74) is -0.181. The van der Waals surface area contributed by atoms with E-state index in [9.17, 15) is 23.2 Å². The first-order valence-corrected chi connectivity index (χ1v) is 12.4. The highest BCUT2D eigenvalue weighted by Crippen LogP contribution is 2.42. The largest absolute Gasteiger partial charge is 0.463 e. The van der Waals surface area contributed by atoms with E-state index in [4.69, 9.17) is 14.2 Å². The van der Waals surface area contributed by atoms with Crippen molar-refractivity contribution in [3.63, 3.8) is 0 Å². The first-order valence-electron chi connectivity index (χ1n) is 12.4. The van der Waals surface area contributed by atoms with Crippen LogP contribution in [0.1, 0.15) is 63.7 Å². The van der Waals surface area contributed by atoms with Gasteiger partial charge in [-0.15, -0.1) is 0 Å². The van der Waals surface area contributed by atoms with Gasteiger partial charge in [0.1, 0.15) is 18.5 Å². The number of halogens is 2. The molecule has 3 heterocycles. The Labute approximate surface area is 213 Å². The smallest absolute Gasteiger partial charge is 0.412 e. The molecule has 202 valence electrons. The highest BCUT2D eigenvalue weighted by molar-refractivity contribution is 5.83. The summed E-state index contributed by atoms with van der Waals surface area (Å²) >= 11 is 0. The number of anilines is 1. The lowest BCUT2D eigenvalue weighted by Crippen LogP contribution is -2.35. The van der Waals surface area contributed by atoms with Crippen LogP contribution in [0.5, 0.6) is 0 Å². The van der Waals surface area contributed by atoms with Gasteiger partial charge in [0.05, 0.1) is 6.61 Å². The van der Waals surface area contributed by atoms with E-state index in [2.05, 4.69) is 22.2 Å². The van der Waals surface area contributed by atoms with Gasteiger partial charge in [0.15, 0.2) is 0 Å². The Hall–Kier alpha value is -3.41. The number of nitrogens with zero attached hydrogens (tertiary/aromatic N) is 3. The standard InChI is InChI=1S/C25H32F2N4O6/c1-2-3-4-5-6-14-35-24(34)30-20-11-13-31(23(33)29-20)22-25(26,27)15-19(37-22)17-36-21(32)10-9-18-8-7-12-28-16-18/h7-8,11-13,16,19,22H,2-6,9-10,14-15,17H2,1H3,(H,29,30,33,34)/t19-,22+/m0/s1. The van der Waals surface area contributed by atoms with E-state index in [-0.39, 0.29) is 25.5 Å². The molecule has 0 unspecified atom stereocenters. The minimum Gasteiger partial charge on any atom is -0.463 e. The van der Waals surface area contributed by atoms with Crippen molar-refractivity contribution in [3.8, 4) is 0 Å². The molecule has 1 amide bonds. The quantitative estimate of drug-likeness (QED) is 0.306. The summed E-state index contributed by atoms with van der Waals surface area (Å²) in [4.78, 5) is 43.9. The van der Waals surface area contributed by atoms with E-state index >= 15 is 0 Å². The number of aryl methyl sites for hydroxylation is 1. The van der Waals surface area contributed by atoms with E-state index in [1.807, 2.05) is 6.07 Å². The van der Waals surface area contributed by atoms with Crippen LogP contribution >= 0.6 is 0 Å². The molecule has 0 aliphatic carbocycles. The van der Waals surface area contributed by atoms with Crippen LogP contribution in [0.2, 0.25) is 0 Å². The van der Waals surface area contributed by atoms with Gasteiger partial charge in [-0.05, 0) is 30.5 Å². The molecule has 1 aliphatic heterocycles. The molecule has 1 aliphatic rings. The van der Waals surface area contributed by atoms with Gasteiger partial charge in [-0.25, -0.2) is 18.4 Å². The Balaban J connectivity index is 1.47. The van der Waals surface area contributed by atoms with Crippen LogP contribution in [0.3, 0.4) is 0 Å². The van der Waals surface area contributed by atoms with Gasteiger partial charge in [-0.1, -0.05) is 38.7 Å². The van der Waals surface area contributed by atoms with Gasteiger partial charge in [0.25, 0.3) is 5.92 Å². The fraction of sp³-hybridized carbons (Fsp3) is 0.560. The summed E-state index contributed by atoms with van der Waals surface area (Å²) in [5.74, 6) is -4.08. The highest BCUT2D eigenvalue weighted by Gasteiger charge is 2.52. The lowest BCUT2D eigenvalue weighted by Gasteiger charge is -2.20. The molecule has 10 nitrogen and oxygen atoms in total. The number of aromatic nitrogens is 3. The van der Waals surface area contributed by atoms with E-state index in [1.54, 1.807) is 18.5 Å². The number of pyridine rings is 1. The summed E-state index contributed by atoms with van der Waals surface area (Å²) in [6.45, 7) is 1.96. The van der Waals surface area contributed by atoms with Crippen molar-refractivity contribution in [2.45, 2.75) is 76.5 Å². The van der Waals surface area contributed by atoms with Crippen molar-refractivity contribution in [2.24, 2.45) is 0 Å². The van der Waals surface area contributed by atoms with Crippen molar-refractivity contribution < 1.29 is 32.6 Å². The van der Waals surface area contributed by atoms with Gasteiger partial charge >= 0.3 is 17.8 Å². The second kappa shape index (κ2) is 13.8. The molecule has 3 rings (SSSR count). The molecular formula is C25H32F2N4O6. The molecule has 1 fully saturated rings. The topological polar surface area (TPSA) is 122 Å². The zero-order valence-electron chi connectivity index (χ0n) is 20.7. The Morgan fingerprint density at radius 1 is 1.22 bits per heavy atom. The normalized spacial score (nSPS) is 18.4. The first kappa shape index (κ1) is 28.2. The van der Waals surface area contributed by atoms with Crippen molar-refractivity contribution in [1.82, 2.24) is 14.5 Å². The number of rotatable bonds is 13. The molecule has 1 saturated heterocycles. The molecule has 2 atom stereocenters. The molecule has 1 N–H and O–H groups in total. The second-order valence-electron chi connectivity index (χ2n) is 8.80. The van der Waals surface area contributed by atoms with Crippen LogP contribution in [0.15, 0.2) is 41.6 Å². The number of amides is 1. The molecule has 12 heteroatoms. The van der Waals surface area contributed by atoms with Crippen LogP contribution in [0, 0.1) is 0 Å². The molecule has 2 aromatic heterocycles. The van der Waals surface area contributed by atoms with Gasteiger partial charge < -0.3 is 14.2 Å². The fourth-order valence-electron chi connectivity index (χ4n) is 3.82. The lowest BCUT2D eigenvalue weighted by atomic mass is 10.1. The zero-order valence-corrected chi connectivity index (χ0v) is 20.7. The number of esters is 1. The van der Waals surface area contributed by atoms with Gasteiger partial charge in [-0.2, -0.15) is 4.98 Å². The van der Waals surface area contributed by atoms with Crippen molar-refractivity contribution in [2.75, 3.05) is 18.5 Å². The monoisotopic (exact) mass is 522 g/mol. The number of hydrogen-bond donors (Lipinski definition) is 1. The Kier molecular flexibility index (Phi) is 10.5. The van der Waals surface area contributed by atoms with Crippen molar-refractivity contribution in [1.29, 1.82) is 0 Å². The van der Waals surface area contributed by atoms with E-state index in [1.165, 1.54) is 6.07 Å². The Bertz CT molecular complexity index is 1080. The average Bonchev–Trinajstić information content (AvgIpc) is 3.18. The zero-order chi connectivity index (χ0) is 26.7. The Morgan fingerprint density at radius 3 is 2.76 bits per heavy atom. The van der Waals surface area contributed by atoms with Gasteiger partial charge in [-0.3, -0.25) is 19.7 Å². The first-order chi connectivity index (χ1) is 17.8. The third-order valence-electron chi connectivity index (χ3n) is 5.75. The predicted molar refractivity (Wildman–Crippen MR) is 129 cm³/mol. The number of nitrogens with one attached hydrogen (secondary N) is 1. The van der Waals surface area contributed by atoms with Gasteiger partial charge in [0.2, 0.25) is 6.23 Å². The predicted octanol–water partition coefficient (Wildman–Crippen LogP) is 4.26. The molecule has 0 spiro atoms. The molecule has 2 aromatic rings. The van der Waals surface area contributed by atoms with E-state index < -0.39 is 42.4 Å². The summed E-state index contributed by atoms with van der Waals surface area (Å²) < 4.78 is 45.4. The minimum absolute atomic E-state index is 0.0668. The SMILES string of the molecule is CCCCCCCOC(=O)Nc1ccn([C@@H]2O[C@H](COC(=O)CCc3cccnc3)CC2(F)F)c(=O)n1. The molecule has 37 heavy (non-hydrogen) atoms. The Morgan fingerprint density at radius 2 is 2.03 bits per heavy atom. The summed E-state index contributed by atoms with van der Waals surface area (Å²) in [6, 6.07) is 4.77. The maximum absolute atomic E-state index is 14.6. The maximum atomic E-state index is 14.6.